The molecule has 0 spiro atoms. The minimum Gasteiger partial charge on any atom is -0.285 e. The van der Waals surface area contributed by atoms with Crippen LogP contribution in [-0.2, 0) is 0 Å². The van der Waals surface area contributed by atoms with Crippen LogP contribution in [-0.4, -0.2) is 6.54 Å². The highest BCUT2D eigenvalue weighted by molar-refractivity contribution is 5.43. The lowest BCUT2D eigenvalue weighted by Crippen LogP contribution is -2.00. The van der Waals surface area contributed by atoms with Crippen molar-refractivity contribution in [3.05, 3.63) is 29.8 Å². The molecule has 13 heavy (non-hydrogen) atoms. The average Bonchev–Trinajstić information content (AvgIpc) is 2.15. The third-order valence-corrected chi connectivity index (χ3v) is 2.16. The van der Waals surface area contributed by atoms with Crippen LogP contribution >= 0.6 is 0 Å². The Bertz CT molecular complexity index is 243. The second kappa shape index (κ2) is 5.63. The Balaban J connectivity index is 2.32. The Morgan fingerprint density at radius 2 is 1.92 bits per heavy atom. The van der Waals surface area contributed by atoms with E-state index in [9.17, 15) is 0 Å². The maximum Gasteiger partial charge on any atom is 0.0603 e. The number of para-hydroxylation sites is 1. The van der Waals surface area contributed by atoms with E-state index in [0.717, 1.165) is 12.2 Å². The fraction of sp³-hybridized carbons (Fsp3) is 0.500. The monoisotopic (exact) mass is 176 g/mol. The molecule has 0 saturated carbocycles. The van der Waals surface area contributed by atoms with Crippen LogP contribution in [0.25, 0.3) is 0 Å². The van der Waals surface area contributed by atoms with Gasteiger partial charge in [-0.15, -0.1) is 0 Å². The van der Waals surface area contributed by atoms with Crippen molar-refractivity contribution in [2.75, 3.05) is 6.54 Å². The molecule has 0 aliphatic rings. The molecule has 71 valence electrons. The molecule has 1 aromatic carbocycles. The third kappa shape index (κ3) is 3.49. The van der Waals surface area contributed by atoms with Gasteiger partial charge in [0.15, 0.2) is 0 Å². The molecule has 1 nitrogen and oxygen atoms in total. The summed E-state index contributed by atoms with van der Waals surface area (Å²) in [4.78, 5) is 0. The van der Waals surface area contributed by atoms with E-state index in [4.69, 9.17) is 0 Å². The molecule has 0 saturated heterocycles. The van der Waals surface area contributed by atoms with E-state index in [0.29, 0.717) is 0 Å². The van der Waals surface area contributed by atoms with Gasteiger partial charge >= 0.3 is 0 Å². The lowest BCUT2D eigenvalue weighted by molar-refractivity contribution is 0.680. The first-order valence-corrected chi connectivity index (χ1v) is 5.07. The average molecular weight is 176 g/mol. The number of nitrogens with zero attached hydrogens (tertiary/aromatic N) is 1. The van der Waals surface area contributed by atoms with Crippen molar-refractivity contribution in [1.82, 2.24) is 5.32 Å². The normalized spacial score (nSPS) is 10.0. The molecular formula is C12H18N. The van der Waals surface area contributed by atoms with E-state index < -0.39 is 0 Å². The van der Waals surface area contributed by atoms with Gasteiger partial charge in [0.2, 0.25) is 0 Å². The van der Waals surface area contributed by atoms with Crippen molar-refractivity contribution in [1.29, 1.82) is 0 Å². The Kier molecular flexibility index (Phi) is 4.37. The zero-order chi connectivity index (χ0) is 9.52. The predicted molar refractivity (Wildman–Crippen MR) is 57.4 cm³/mol. The summed E-state index contributed by atoms with van der Waals surface area (Å²) in [5, 5.41) is 4.54. The summed E-state index contributed by atoms with van der Waals surface area (Å²) in [6.07, 6.45) is 3.77. The number of hydrogen-bond donors (Lipinski definition) is 0. The molecule has 0 fully saturated rings. The van der Waals surface area contributed by atoms with Crippen LogP contribution < -0.4 is 5.32 Å². The Labute approximate surface area is 81.2 Å². The summed E-state index contributed by atoms with van der Waals surface area (Å²) in [5.41, 5.74) is 2.43. The number of unbranched alkanes of at least 4 members (excludes halogenated alkanes) is 2. The van der Waals surface area contributed by atoms with E-state index in [1.54, 1.807) is 0 Å². The smallest absolute Gasteiger partial charge is 0.0603 e. The molecular weight excluding hydrogens is 158 g/mol. The molecule has 0 aromatic heterocycles. The summed E-state index contributed by atoms with van der Waals surface area (Å²) >= 11 is 0. The van der Waals surface area contributed by atoms with Crippen LogP contribution in [0.3, 0.4) is 0 Å². The van der Waals surface area contributed by atoms with Crippen molar-refractivity contribution in [3.63, 3.8) is 0 Å². The predicted octanol–water partition coefficient (Wildman–Crippen LogP) is 3.42. The molecule has 0 aliphatic heterocycles. The van der Waals surface area contributed by atoms with Crippen molar-refractivity contribution in [2.45, 2.75) is 33.1 Å². The van der Waals surface area contributed by atoms with Gasteiger partial charge in [-0.1, -0.05) is 38.0 Å². The molecule has 1 aromatic rings. The van der Waals surface area contributed by atoms with Gasteiger partial charge in [0.25, 0.3) is 0 Å². The summed E-state index contributed by atoms with van der Waals surface area (Å²) < 4.78 is 0. The maximum absolute atomic E-state index is 4.54. The second-order valence-electron chi connectivity index (χ2n) is 3.38. The standard InChI is InChI=1S/C12H18N/c1-3-4-7-10-13-12-9-6-5-8-11(12)2/h5-6,8-9H,3-4,7,10H2,1-2H3. The van der Waals surface area contributed by atoms with E-state index in [2.05, 4.69) is 37.4 Å². The first-order valence-electron chi connectivity index (χ1n) is 5.07. The molecule has 1 heteroatoms. The molecule has 0 N–H and O–H groups in total. The molecule has 0 amide bonds. The van der Waals surface area contributed by atoms with Crippen LogP contribution in [0.4, 0.5) is 5.69 Å². The van der Waals surface area contributed by atoms with Gasteiger partial charge in [-0.05, 0) is 25.0 Å². The van der Waals surface area contributed by atoms with Gasteiger partial charge in [-0.3, -0.25) is 5.32 Å². The molecule has 1 radical (unpaired) electrons. The zero-order valence-corrected chi connectivity index (χ0v) is 8.59. The fourth-order valence-electron chi connectivity index (χ4n) is 1.30. The van der Waals surface area contributed by atoms with Gasteiger partial charge in [0, 0.05) is 6.54 Å². The summed E-state index contributed by atoms with van der Waals surface area (Å²) in [7, 11) is 0. The largest absolute Gasteiger partial charge is 0.285 e. The summed E-state index contributed by atoms with van der Waals surface area (Å²) in [5.74, 6) is 0. The number of hydrogen-bond acceptors (Lipinski definition) is 0. The van der Waals surface area contributed by atoms with Crippen LogP contribution in [0.2, 0.25) is 0 Å². The maximum atomic E-state index is 4.54. The van der Waals surface area contributed by atoms with Gasteiger partial charge in [0.1, 0.15) is 0 Å². The topological polar surface area (TPSA) is 14.1 Å². The third-order valence-electron chi connectivity index (χ3n) is 2.16. The molecule has 0 unspecified atom stereocenters. The minimum atomic E-state index is 0.971. The van der Waals surface area contributed by atoms with Crippen LogP contribution in [0.5, 0.6) is 0 Å². The SMILES string of the molecule is CCCCC[N]c1ccccc1C. The van der Waals surface area contributed by atoms with Crippen LogP contribution in [0.1, 0.15) is 31.7 Å². The van der Waals surface area contributed by atoms with Gasteiger partial charge in [-0.25, -0.2) is 0 Å². The first kappa shape index (κ1) is 10.1. The minimum absolute atomic E-state index is 0.971. The highest BCUT2D eigenvalue weighted by Crippen LogP contribution is 2.13. The molecule has 0 bridgehead atoms. The zero-order valence-electron chi connectivity index (χ0n) is 8.59. The fourth-order valence-corrected chi connectivity index (χ4v) is 1.30. The van der Waals surface area contributed by atoms with E-state index in [1.807, 2.05) is 6.07 Å². The Morgan fingerprint density at radius 3 is 2.62 bits per heavy atom. The second-order valence-corrected chi connectivity index (χ2v) is 3.38. The van der Waals surface area contributed by atoms with Crippen molar-refractivity contribution in [3.8, 4) is 0 Å². The van der Waals surface area contributed by atoms with E-state index in [-0.39, 0.29) is 0 Å². The Morgan fingerprint density at radius 1 is 1.15 bits per heavy atom. The van der Waals surface area contributed by atoms with Gasteiger partial charge < -0.3 is 0 Å². The van der Waals surface area contributed by atoms with Gasteiger partial charge in [0.05, 0.1) is 5.69 Å². The number of rotatable bonds is 5. The highest BCUT2D eigenvalue weighted by atomic mass is 14.9. The van der Waals surface area contributed by atoms with E-state index in [1.165, 1.54) is 24.8 Å². The van der Waals surface area contributed by atoms with E-state index >= 15 is 0 Å². The lowest BCUT2D eigenvalue weighted by Gasteiger charge is -2.05. The number of aryl methyl sites for hydroxylation is 1. The Hall–Kier alpha value is -0.980. The van der Waals surface area contributed by atoms with Crippen LogP contribution in [0, 0.1) is 6.92 Å². The molecule has 0 atom stereocenters. The van der Waals surface area contributed by atoms with Crippen LogP contribution in [0.15, 0.2) is 24.3 Å². The quantitative estimate of drug-likeness (QED) is 0.610. The lowest BCUT2D eigenvalue weighted by atomic mass is 10.2. The highest BCUT2D eigenvalue weighted by Gasteiger charge is 1.95. The van der Waals surface area contributed by atoms with Gasteiger partial charge in [-0.2, -0.15) is 0 Å². The molecule has 0 heterocycles. The van der Waals surface area contributed by atoms with Crippen molar-refractivity contribution < 1.29 is 0 Å². The number of benzene rings is 1. The van der Waals surface area contributed by atoms with Crippen molar-refractivity contribution >= 4 is 5.69 Å². The molecule has 0 aliphatic carbocycles. The molecule has 1 rings (SSSR count). The van der Waals surface area contributed by atoms with Crippen molar-refractivity contribution in [2.24, 2.45) is 0 Å². The first-order chi connectivity index (χ1) is 6.34. The summed E-state index contributed by atoms with van der Waals surface area (Å²) in [6, 6.07) is 8.30. The summed E-state index contributed by atoms with van der Waals surface area (Å²) in [6.45, 7) is 5.30.